The number of aromatic nitrogens is 2. The summed E-state index contributed by atoms with van der Waals surface area (Å²) in [7, 11) is -2.10. The molecule has 1 aromatic heterocycles. The van der Waals surface area contributed by atoms with Crippen LogP contribution in [0.1, 0.15) is 11.3 Å². The van der Waals surface area contributed by atoms with Gasteiger partial charge in [0.25, 0.3) is 10.0 Å². The molecule has 0 amide bonds. The lowest BCUT2D eigenvalue weighted by atomic mass is 10.2. The standard InChI is InChI=1S/C18H18FN3O3S/c1-13-3-6-16(7-4-13)26(23,24)21-17-11-14(19)5-8-18(17)25-12-15-9-10-20-22(15)2/h3-11,21H,12H2,1-2H3. The first-order valence-electron chi connectivity index (χ1n) is 7.84. The first-order chi connectivity index (χ1) is 12.3. The van der Waals surface area contributed by atoms with Crippen molar-refractivity contribution < 1.29 is 17.5 Å². The van der Waals surface area contributed by atoms with Gasteiger partial charge in [-0.2, -0.15) is 5.10 Å². The largest absolute Gasteiger partial charge is 0.485 e. The van der Waals surface area contributed by atoms with Crippen LogP contribution in [0.2, 0.25) is 0 Å². The summed E-state index contributed by atoms with van der Waals surface area (Å²) in [6, 6.07) is 11.8. The Hall–Kier alpha value is -2.87. The van der Waals surface area contributed by atoms with Crippen LogP contribution in [0.5, 0.6) is 5.75 Å². The van der Waals surface area contributed by atoms with Crippen molar-refractivity contribution in [3.8, 4) is 5.75 Å². The van der Waals surface area contributed by atoms with Crippen molar-refractivity contribution >= 4 is 15.7 Å². The van der Waals surface area contributed by atoms with E-state index in [-0.39, 0.29) is 22.9 Å². The topological polar surface area (TPSA) is 73.2 Å². The van der Waals surface area contributed by atoms with Gasteiger partial charge in [-0.1, -0.05) is 17.7 Å². The molecular formula is C18H18FN3O3S. The van der Waals surface area contributed by atoms with Gasteiger partial charge in [0, 0.05) is 19.3 Å². The van der Waals surface area contributed by atoms with Crippen molar-refractivity contribution in [1.82, 2.24) is 9.78 Å². The number of nitrogens with zero attached hydrogens (tertiary/aromatic N) is 2. The maximum Gasteiger partial charge on any atom is 0.262 e. The summed E-state index contributed by atoms with van der Waals surface area (Å²) in [6.45, 7) is 2.03. The summed E-state index contributed by atoms with van der Waals surface area (Å²) >= 11 is 0. The van der Waals surface area contributed by atoms with Crippen LogP contribution in [0.4, 0.5) is 10.1 Å². The van der Waals surface area contributed by atoms with E-state index in [2.05, 4.69) is 9.82 Å². The molecule has 0 unspecified atom stereocenters. The molecular weight excluding hydrogens is 357 g/mol. The Bertz CT molecular complexity index is 1010. The molecule has 0 saturated carbocycles. The Morgan fingerprint density at radius 3 is 2.54 bits per heavy atom. The fourth-order valence-electron chi connectivity index (χ4n) is 2.32. The van der Waals surface area contributed by atoms with Gasteiger partial charge in [0.15, 0.2) is 0 Å². The second kappa shape index (κ2) is 7.17. The number of ether oxygens (including phenoxy) is 1. The van der Waals surface area contributed by atoms with Crippen molar-refractivity contribution in [1.29, 1.82) is 0 Å². The molecule has 0 fully saturated rings. The van der Waals surface area contributed by atoms with Crippen LogP contribution in [0.3, 0.4) is 0 Å². The highest BCUT2D eigenvalue weighted by Crippen LogP contribution is 2.28. The predicted molar refractivity (Wildman–Crippen MR) is 95.9 cm³/mol. The highest BCUT2D eigenvalue weighted by molar-refractivity contribution is 7.92. The molecule has 0 spiro atoms. The third kappa shape index (κ3) is 4.02. The van der Waals surface area contributed by atoms with Gasteiger partial charge in [-0.25, -0.2) is 12.8 Å². The fraction of sp³-hybridized carbons (Fsp3) is 0.167. The fourth-order valence-corrected chi connectivity index (χ4v) is 3.38. The molecule has 136 valence electrons. The van der Waals surface area contributed by atoms with Gasteiger partial charge < -0.3 is 4.74 Å². The molecule has 26 heavy (non-hydrogen) atoms. The Morgan fingerprint density at radius 1 is 1.15 bits per heavy atom. The van der Waals surface area contributed by atoms with Gasteiger partial charge in [-0.3, -0.25) is 9.40 Å². The molecule has 0 radical (unpaired) electrons. The summed E-state index contributed by atoms with van der Waals surface area (Å²) in [5.41, 5.74) is 1.77. The minimum Gasteiger partial charge on any atom is -0.485 e. The van der Waals surface area contributed by atoms with Crippen LogP contribution in [0, 0.1) is 12.7 Å². The third-order valence-electron chi connectivity index (χ3n) is 3.82. The number of anilines is 1. The number of hydrogen-bond donors (Lipinski definition) is 1. The van der Waals surface area contributed by atoms with E-state index in [1.165, 1.54) is 24.3 Å². The predicted octanol–water partition coefficient (Wildman–Crippen LogP) is 3.25. The molecule has 8 heteroatoms. The number of halogens is 1. The van der Waals surface area contributed by atoms with Gasteiger partial charge in [-0.05, 0) is 37.3 Å². The summed E-state index contributed by atoms with van der Waals surface area (Å²) in [5, 5.41) is 4.04. The number of rotatable bonds is 6. The summed E-state index contributed by atoms with van der Waals surface area (Å²) in [5.74, 6) is -0.345. The highest BCUT2D eigenvalue weighted by Gasteiger charge is 2.17. The van der Waals surface area contributed by atoms with Gasteiger partial charge >= 0.3 is 0 Å². The minimum atomic E-state index is -3.86. The molecule has 6 nitrogen and oxygen atoms in total. The van der Waals surface area contributed by atoms with Crippen molar-refractivity contribution in [3.05, 3.63) is 71.8 Å². The average Bonchev–Trinajstić information content (AvgIpc) is 2.99. The zero-order valence-corrected chi connectivity index (χ0v) is 15.1. The molecule has 0 saturated heterocycles. The van der Waals surface area contributed by atoms with Gasteiger partial charge in [0.2, 0.25) is 0 Å². The van der Waals surface area contributed by atoms with E-state index in [0.29, 0.717) is 0 Å². The second-order valence-electron chi connectivity index (χ2n) is 5.79. The molecule has 3 rings (SSSR count). The number of sulfonamides is 1. The van der Waals surface area contributed by atoms with E-state index in [0.717, 1.165) is 17.3 Å². The Kier molecular flexibility index (Phi) is 4.94. The third-order valence-corrected chi connectivity index (χ3v) is 5.20. The van der Waals surface area contributed by atoms with Crippen LogP contribution in [0.25, 0.3) is 0 Å². The molecule has 2 aromatic carbocycles. The van der Waals surface area contributed by atoms with Crippen molar-refractivity contribution in [2.45, 2.75) is 18.4 Å². The van der Waals surface area contributed by atoms with E-state index in [1.807, 2.05) is 6.92 Å². The van der Waals surface area contributed by atoms with Crippen molar-refractivity contribution in [2.24, 2.45) is 7.05 Å². The number of benzene rings is 2. The van der Waals surface area contributed by atoms with E-state index in [4.69, 9.17) is 4.74 Å². The molecule has 1 N–H and O–H groups in total. The zero-order chi connectivity index (χ0) is 18.7. The SMILES string of the molecule is Cc1ccc(S(=O)(=O)Nc2cc(F)ccc2OCc2ccnn2C)cc1. The van der Waals surface area contributed by atoms with E-state index >= 15 is 0 Å². The average molecular weight is 375 g/mol. The van der Waals surface area contributed by atoms with Gasteiger partial charge in [0.1, 0.15) is 18.2 Å². The lowest BCUT2D eigenvalue weighted by Crippen LogP contribution is -2.14. The Balaban J connectivity index is 1.85. The molecule has 0 aliphatic rings. The molecule has 3 aromatic rings. The van der Waals surface area contributed by atoms with Gasteiger partial charge in [0.05, 0.1) is 16.3 Å². The molecule has 1 heterocycles. The normalized spacial score (nSPS) is 11.3. The Labute approximate surface area is 151 Å². The summed E-state index contributed by atoms with van der Waals surface area (Å²) in [6.07, 6.45) is 1.63. The molecule has 0 aliphatic carbocycles. The van der Waals surface area contributed by atoms with Crippen LogP contribution in [-0.2, 0) is 23.7 Å². The Morgan fingerprint density at radius 2 is 1.88 bits per heavy atom. The van der Waals surface area contributed by atoms with Crippen LogP contribution < -0.4 is 9.46 Å². The van der Waals surface area contributed by atoms with Gasteiger partial charge in [-0.15, -0.1) is 0 Å². The lowest BCUT2D eigenvalue weighted by Gasteiger charge is -2.14. The van der Waals surface area contributed by atoms with Crippen molar-refractivity contribution in [3.63, 3.8) is 0 Å². The second-order valence-corrected chi connectivity index (χ2v) is 7.48. The smallest absolute Gasteiger partial charge is 0.262 e. The van der Waals surface area contributed by atoms with Crippen LogP contribution in [0.15, 0.2) is 59.6 Å². The number of hydrogen-bond acceptors (Lipinski definition) is 4. The zero-order valence-electron chi connectivity index (χ0n) is 14.3. The first kappa shape index (κ1) is 17.9. The summed E-state index contributed by atoms with van der Waals surface area (Å²) in [4.78, 5) is 0.0879. The molecule has 0 atom stereocenters. The quantitative estimate of drug-likeness (QED) is 0.718. The highest BCUT2D eigenvalue weighted by atomic mass is 32.2. The maximum atomic E-state index is 13.7. The van der Waals surface area contributed by atoms with Crippen LogP contribution >= 0.6 is 0 Å². The number of nitrogens with one attached hydrogen (secondary N) is 1. The van der Waals surface area contributed by atoms with Crippen molar-refractivity contribution in [2.75, 3.05) is 4.72 Å². The lowest BCUT2D eigenvalue weighted by molar-refractivity contribution is 0.296. The van der Waals surface area contributed by atoms with E-state index < -0.39 is 15.8 Å². The van der Waals surface area contributed by atoms with E-state index in [9.17, 15) is 12.8 Å². The molecule has 0 bridgehead atoms. The first-order valence-corrected chi connectivity index (χ1v) is 9.32. The molecule has 0 aliphatic heterocycles. The number of aryl methyl sites for hydroxylation is 2. The van der Waals surface area contributed by atoms with E-state index in [1.54, 1.807) is 36.1 Å². The monoisotopic (exact) mass is 375 g/mol. The van der Waals surface area contributed by atoms with Crippen LogP contribution in [-0.4, -0.2) is 18.2 Å². The summed E-state index contributed by atoms with van der Waals surface area (Å²) < 4.78 is 48.5. The minimum absolute atomic E-state index is 0.0349. The maximum absolute atomic E-state index is 13.7.